The van der Waals surface area contributed by atoms with Gasteiger partial charge in [-0.2, -0.15) is 0 Å². The van der Waals surface area contributed by atoms with E-state index in [-0.39, 0.29) is 0 Å². The number of benzene rings is 1. The zero-order chi connectivity index (χ0) is 15.0. The number of thioether (sulfide) groups is 1. The smallest absolute Gasteiger partial charge is 0.323 e. The fraction of sp³-hybridized carbons (Fsp3) is 0.533. The first-order chi connectivity index (χ1) is 9.49. The van der Waals surface area contributed by atoms with Crippen LogP contribution in [-0.2, 0) is 4.79 Å². The second-order valence-electron chi connectivity index (χ2n) is 4.95. The number of nitrogens with one attached hydrogen (secondary N) is 1. The fourth-order valence-electron chi connectivity index (χ4n) is 1.84. The maximum Gasteiger partial charge on any atom is 0.323 e. The standard InChI is InChI=1S/C15H22BrNO2S/c1-3-10-17-15(2,14(18)19)9-6-11-20-13-8-5-4-7-12(13)16/h4-5,7-8,17H,3,6,9-11H2,1-2H3,(H,18,19). The summed E-state index contributed by atoms with van der Waals surface area (Å²) in [6, 6.07) is 8.09. The minimum Gasteiger partial charge on any atom is -0.480 e. The summed E-state index contributed by atoms with van der Waals surface area (Å²) in [7, 11) is 0. The van der Waals surface area contributed by atoms with Crippen molar-refractivity contribution in [3.63, 3.8) is 0 Å². The molecule has 3 nitrogen and oxygen atoms in total. The molecule has 0 aliphatic heterocycles. The van der Waals surface area contributed by atoms with Crippen molar-refractivity contribution in [3.05, 3.63) is 28.7 Å². The average Bonchev–Trinajstić information content (AvgIpc) is 2.43. The van der Waals surface area contributed by atoms with Crippen molar-refractivity contribution in [2.75, 3.05) is 12.3 Å². The van der Waals surface area contributed by atoms with Gasteiger partial charge in [0.15, 0.2) is 0 Å². The van der Waals surface area contributed by atoms with E-state index in [2.05, 4.69) is 27.3 Å². The van der Waals surface area contributed by atoms with E-state index in [0.717, 1.165) is 29.6 Å². The summed E-state index contributed by atoms with van der Waals surface area (Å²) in [6.45, 7) is 4.55. The molecule has 0 fully saturated rings. The van der Waals surface area contributed by atoms with Gasteiger partial charge >= 0.3 is 5.97 Å². The molecular formula is C15H22BrNO2S. The Morgan fingerprint density at radius 2 is 2.15 bits per heavy atom. The molecule has 1 atom stereocenters. The maximum absolute atomic E-state index is 11.4. The Morgan fingerprint density at radius 3 is 2.75 bits per heavy atom. The van der Waals surface area contributed by atoms with Crippen LogP contribution in [0.15, 0.2) is 33.6 Å². The van der Waals surface area contributed by atoms with Crippen LogP contribution in [0.2, 0.25) is 0 Å². The lowest BCUT2D eigenvalue weighted by molar-refractivity contribution is -0.144. The zero-order valence-electron chi connectivity index (χ0n) is 12.0. The van der Waals surface area contributed by atoms with Crippen molar-refractivity contribution in [2.45, 2.75) is 43.5 Å². The molecule has 1 rings (SSSR count). The number of halogens is 1. The van der Waals surface area contributed by atoms with Crippen molar-refractivity contribution < 1.29 is 9.90 Å². The average molecular weight is 360 g/mol. The molecule has 0 amide bonds. The first kappa shape index (κ1) is 17.5. The monoisotopic (exact) mass is 359 g/mol. The molecule has 2 N–H and O–H groups in total. The zero-order valence-corrected chi connectivity index (χ0v) is 14.4. The van der Waals surface area contributed by atoms with Crippen molar-refractivity contribution in [3.8, 4) is 0 Å². The van der Waals surface area contributed by atoms with E-state index in [9.17, 15) is 9.90 Å². The first-order valence-electron chi connectivity index (χ1n) is 6.85. The third-order valence-electron chi connectivity index (χ3n) is 3.15. The quantitative estimate of drug-likeness (QED) is 0.513. The Hall–Kier alpha value is -0.520. The molecule has 0 aliphatic rings. The second kappa shape index (κ2) is 8.70. The number of rotatable bonds is 9. The van der Waals surface area contributed by atoms with Crippen LogP contribution >= 0.6 is 27.7 Å². The Morgan fingerprint density at radius 1 is 1.45 bits per heavy atom. The topological polar surface area (TPSA) is 49.3 Å². The molecule has 0 saturated heterocycles. The second-order valence-corrected chi connectivity index (χ2v) is 6.94. The van der Waals surface area contributed by atoms with Gasteiger partial charge in [-0.3, -0.25) is 4.79 Å². The minimum atomic E-state index is -0.815. The Balaban J connectivity index is 2.41. The molecule has 0 aliphatic carbocycles. The van der Waals surface area contributed by atoms with E-state index >= 15 is 0 Å². The number of carbonyl (C=O) groups is 1. The van der Waals surface area contributed by atoms with Gasteiger partial charge < -0.3 is 10.4 Å². The lowest BCUT2D eigenvalue weighted by atomic mass is 9.96. The minimum absolute atomic E-state index is 0.639. The van der Waals surface area contributed by atoms with Crippen LogP contribution in [0.3, 0.4) is 0 Å². The van der Waals surface area contributed by atoms with Gasteiger partial charge in [0.2, 0.25) is 0 Å². The van der Waals surface area contributed by atoms with E-state index in [4.69, 9.17) is 0 Å². The summed E-state index contributed by atoms with van der Waals surface area (Å²) < 4.78 is 1.09. The Kier molecular flexibility index (Phi) is 7.62. The predicted molar refractivity (Wildman–Crippen MR) is 88.4 cm³/mol. The SMILES string of the molecule is CCCNC(C)(CCCSc1ccccc1Br)C(=O)O. The van der Waals surface area contributed by atoms with Crippen LogP contribution in [0.4, 0.5) is 0 Å². The molecule has 20 heavy (non-hydrogen) atoms. The Bertz CT molecular complexity index is 442. The molecule has 0 radical (unpaired) electrons. The van der Waals surface area contributed by atoms with E-state index in [0.29, 0.717) is 6.42 Å². The molecule has 112 valence electrons. The summed E-state index contributed by atoms with van der Waals surface area (Å²) in [6.07, 6.45) is 2.44. The van der Waals surface area contributed by atoms with E-state index < -0.39 is 11.5 Å². The van der Waals surface area contributed by atoms with Crippen LogP contribution in [0.5, 0.6) is 0 Å². The lowest BCUT2D eigenvalue weighted by Gasteiger charge is -2.26. The van der Waals surface area contributed by atoms with Crippen LogP contribution < -0.4 is 5.32 Å². The van der Waals surface area contributed by atoms with E-state index in [1.54, 1.807) is 18.7 Å². The van der Waals surface area contributed by atoms with Gasteiger partial charge in [0.1, 0.15) is 5.54 Å². The summed E-state index contributed by atoms with van der Waals surface area (Å²) >= 11 is 5.27. The molecule has 1 aromatic rings. The van der Waals surface area contributed by atoms with Crippen molar-refractivity contribution in [1.82, 2.24) is 5.32 Å². The van der Waals surface area contributed by atoms with Crippen LogP contribution in [-0.4, -0.2) is 28.9 Å². The van der Waals surface area contributed by atoms with Crippen molar-refractivity contribution in [1.29, 1.82) is 0 Å². The molecule has 0 aromatic heterocycles. The predicted octanol–water partition coefficient (Wildman–Crippen LogP) is 4.16. The van der Waals surface area contributed by atoms with Gasteiger partial charge in [0.05, 0.1) is 0 Å². The summed E-state index contributed by atoms with van der Waals surface area (Å²) in [4.78, 5) is 12.6. The van der Waals surface area contributed by atoms with Crippen LogP contribution in [0.1, 0.15) is 33.1 Å². The number of hydrogen-bond donors (Lipinski definition) is 2. The molecule has 1 aromatic carbocycles. The number of carboxylic acids is 1. The van der Waals surface area contributed by atoms with Crippen molar-refractivity contribution in [2.24, 2.45) is 0 Å². The van der Waals surface area contributed by atoms with Crippen LogP contribution in [0, 0.1) is 0 Å². The van der Waals surface area contributed by atoms with Crippen molar-refractivity contribution >= 4 is 33.7 Å². The highest BCUT2D eigenvalue weighted by atomic mass is 79.9. The molecule has 0 bridgehead atoms. The fourth-order valence-corrected chi connectivity index (χ4v) is 3.36. The van der Waals surface area contributed by atoms with Crippen LogP contribution in [0.25, 0.3) is 0 Å². The van der Waals surface area contributed by atoms with E-state index in [1.165, 1.54) is 4.90 Å². The molecule has 0 spiro atoms. The lowest BCUT2D eigenvalue weighted by Crippen LogP contribution is -2.49. The summed E-state index contributed by atoms with van der Waals surface area (Å²) in [5, 5.41) is 12.5. The summed E-state index contributed by atoms with van der Waals surface area (Å²) in [5.41, 5.74) is -0.815. The number of hydrogen-bond acceptors (Lipinski definition) is 3. The highest BCUT2D eigenvalue weighted by Gasteiger charge is 2.31. The highest BCUT2D eigenvalue weighted by molar-refractivity contribution is 9.10. The maximum atomic E-state index is 11.4. The third-order valence-corrected chi connectivity index (χ3v) is 5.27. The first-order valence-corrected chi connectivity index (χ1v) is 8.63. The number of aliphatic carboxylic acids is 1. The van der Waals surface area contributed by atoms with Gasteiger partial charge in [-0.1, -0.05) is 19.1 Å². The normalized spacial score (nSPS) is 13.9. The van der Waals surface area contributed by atoms with Gasteiger partial charge in [-0.25, -0.2) is 0 Å². The third kappa shape index (κ3) is 5.46. The molecule has 0 heterocycles. The van der Waals surface area contributed by atoms with E-state index in [1.807, 2.05) is 25.1 Å². The number of carboxylic acid groups (broad SMARTS) is 1. The molecular weight excluding hydrogens is 338 g/mol. The largest absolute Gasteiger partial charge is 0.480 e. The molecule has 1 unspecified atom stereocenters. The highest BCUT2D eigenvalue weighted by Crippen LogP contribution is 2.28. The van der Waals surface area contributed by atoms with Gasteiger partial charge in [-0.05, 0) is 66.5 Å². The van der Waals surface area contributed by atoms with Gasteiger partial charge in [0, 0.05) is 9.37 Å². The van der Waals surface area contributed by atoms with Gasteiger partial charge in [-0.15, -0.1) is 11.8 Å². The summed E-state index contributed by atoms with van der Waals surface area (Å²) in [5.74, 6) is 0.149. The van der Waals surface area contributed by atoms with Gasteiger partial charge in [0.25, 0.3) is 0 Å². The Labute approximate surface area is 133 Å². The molecule has 0 saturated carbocycles. The molecule has 5 heteroatoms.